The van der Waals surface area contributed by atoms with E-state index in [2.05, 4.69) is 52.5 Å². The molecule has 0 unspecified atom stereocenters. The Balaban J connectivity index is 1.42. The van der Waals surface area contributed by atoms with Crippen LogP contribution in [-0.2, 0) is 4.74 Å². The molecule has 1 aliphatic carbocycles. The van der Waals surface area contributed by atoms with Crippen molar-refractivity contribution in [3.05, 3.63) is 41.3 Å². The molecule has 1 saturated carbocycles. The van der Waals surface area contributed by atoms with Gasteiger partial charge in [-0.05, 0) is 31.5 Å². The molecule has 0 bridgehead atoms. The van der Waals surface area contributed by atoms with Crippen LogP contribution in [0.25, 0.3) is 11.1 Å². The molecule has 162 valence electrons. The zero-order valence-electron chi connectivity index (χ0n) is 17.9. The summed E-state index contributed by atoms with van der Waals surface area (Å²) in [7, 11) is 2.19. The molecule has 30 heavy (non-hydrogen) atoms. The summed E-state index contributed by atoms with van der Waals surface area (Å²) in [6.45, 7) is 4.81. The summed E-state index contributed by atoms with van der Waals surface area (Å²) in [5.41, 5.74) is 2.30. The predicted molar refractivity (Wildman–Crippen MR) is 125 cm³/mol. The maximum atomic E-state index is 12.9. The number of thiophene rings is 1. The fraction of sp³-hybridized carbons (Fsp3) is 0.542. The van der Waals surface area contributed by atoms with Gasteiger partial charge in [0, 0.05) is 37.8 Å². The number of hydrogen-bond donors (Lipinski definition) is 1. The van der Waals surface area contributed by atoms with Crippen molar-refractivity contribution in [2.24, 2.45) is 0 Å². The van der Waals surface area contributed by atoms with Gasteiger partial charge in [-0.2, -0.15) is 0 Å². The Morgan fingerprint density at radius 3 is 2.63 bits per heavy atom. The van der Waals surface area contributed by atoms with E-state index in [1.54, 1.807) is 11.3 Å². The van der Waals surface area contributed by atoms with Gasteiger partial charge in [0.15, 0.2) is 0 Å². The van der Waals surface area contributed by atoms with Gasteiger partial charge in [-0.1, -0.05) is 49.6 Å². The van der Waals surface area contributed by atoms with Gasteiger partial charge in [0.2, 0.25) is 0 Å². The monoisotopic (exact) mass is 427 g/mol. The Bertz CT molecular complexity index is 811. The van der Waals surface area contributed by atoms with E-state index >= 15 is 0 Å². The summed E-state index contributed by atoms with van der Waals surface area (Å²) in [6.07, 6.45) is 6.62. The number of hydrogen-bond acceptors (Lipinski definition) is 5. The molecule has 5 nitrogen and oxygen atoms in total. The van der Waals surface area contributed by atoms with Gasteiger partial charge < -0.3 is 19.9 Å². The minimum atomic E-state index is 0.0359. The zero-order chi connectivity index (χ0) is 20.8. The molecule has 0 radical (unpaired) electrons. The van der Waals surface area contributed by atoms with Crippen LogP contribution in [0.3, 0.4) is 0 Å². The number of carbonyl (C=O) groups excluding carboxylic acids is 1. The van der Waals surface area contributed by atoms with Crippen molar-refractivity contribution in [3.8, 4) is 11.1 Å². The molecule has 1 N–H and O–H groups in total. The van der Waals surface area contributed by atoms with Gasteiger partial charge in [0.1, 0.15) is 0 Å². The summed E-state index contributed by atoms with van der Waals surface area (Å²) >= 11 is 1.60. The Morgan fingerprint density at radius 1 is 1.17 bits per heavy atom. The lowest BCUT2D eigenvalue weighted by Gasteiger charge is -2.31. The van der Waals surface area contributed by atoms with Crippen molar-refractivity contribution in [3.63, 3.8) is 0 Å². The highest BCUT2D eigenvalue weighted by Crippen LogP contribution is 2.39. The minimum absolute atomic E-state index is 0.0359. The van der Waals surface area contributed by atoms with Crippen molar-refractivity contribution >= 4 is 22.2 Å². The van der Waals surface area contributed by atoms with E-state index in [0.29, 0.717) is 12.6 Å². The normalized spacial score (nSPS) is 18.0. The summed E-state index contributed by atoms with van der Waals surface area (Å²) in [5, 5.41) is 4.33. The number of morpholine rings is 1. The number of anilines is 1. The van der Waals surface area contributed by atoms with Gasteiger partial charge in [0.25, 0.3) is 5.91 Å². The molecule has 2 aliphatic rings. The number of rotatable bonds is 7. The number of likely N-dealkylation sites (N-methyl/N-ethyl adjacent to an activating group) is 1. The third-order valence-corrected chi connectivity index (χ3v) is 7.46. The van der Waals surface area contributed by atoms with Crippen LogP contribution in [0.2, 0.25) is 0 Å². The summed E-state index contributed by atoms with van der Waals surface area (Å²) in [5.74, 6) is 0.0359. The lowest BCUT2D eigenvalue weighted by Crippen LogP contribution is -2.39. The molecule has 2 fully saturated rings. The average molecular weight is 428 g/mol. The van der Waals surface area contributed by atoms with E-state index in [9.17, 15) is 4.79 Å². The number of benzene rings is 1. The first kappa shape index (κ1) is 21.3. The molecule has 0 spiro atoms. The van der Waals surface area contributed by atoms with Crippen LogP contribution < -0.4 is 10.2 Å². The Morgan fingerprint density at radius 2 is 1.90 bits per heavy atom. The molecule has 1 amide bonds. The second-order valence-electron chi connectivity index (χ2n) is 8.32. The van der Waals surface area contributed by atoms with E-state index in [4.69, 9.17) is 4.74 Å². The number of amides is 1. The van der Waals surface area contributed by atoms with Gasteiger partial charge in [-0.25, -0.2) is 0 Å². The second-order valence-corrected chi connectivity index (χ2v) is 9.35. The van der Waals surface area contributed by atoms with E-state index in [1.165, 1.54) is 37.1 Å². The van der Waals surface area contributed by atoms with Gasteiger partial charge in [-0.15, -0.1) is 11.3 Å². The topological polar surface area (TPSA) is 44.8 Å². The summed E-state index contributed by atoms with van der Waals surface area (Å²) in [4.78, 5) is 18.5. The van der Waals surface area contributed by atoms with E-state index in [0.717, 1.165) is 48.9 Å². The highest BCUT2D eigenvalue weighted by molar-refractivity contribution is 7.18. The summed E-state index contributed by atoms with van der Waals surface area (Å²) in [6, 6.07) is 13.1. The van der Waals surface area contributed by atoms with Crippen molar-refractivity contribution in [2.45, 2.75) is 38.1 Å². The summed E-state index contributed by atoms with van der Waals surface area (Å²) < 4.78 is 5.53. The van der Waals surface area contributed by atoms with Crippen LogP contribution in [0.1, 0.15) is 41.8 Å². The maximum absolute atomic E-state index is 12.9. The van der Waals surface area contributed by atoms with Crippen molar-refractivity contribution in [1.29, 1.82) is 0 Å². The van der Waals surface area contributed by atoms with Crippen LogP contribution in [0.15, 0.2) is 36.4 Å². The van der Waals surface area contributed by atoms with Crippen LogP contribution in [0, 0.1) is 0 Å². The van der Waals surface area contributed by atoms with E-state index < -0.39 is 0 Å². The lowest BCUT2D eigenvalue weighted by molar-refractivity contribution is 0.0948. The van der Waals surface area contributed by atoms with Crippen LogP contribution in [-0.4, -0.2) is 63.3 Å². The number of carbonyl (C=O) groups is 1. The highest BCUT2D eigenvalue weighted by atomic mass is 32.1. The Labute approximate surface area is 184 Å². The van der Waals surface area contributed by atoms with Crippen LogP contribution >= 0.6 is 11.3 Å². The number of nitrogens with one attached hydrogen (secondary N) is 1. The first-order valence-electron chi connectivity index (χ1n) is 11.2. The van der Waals surface area contributed by atoms with Crippen LogP contribution in [0.4, 0.5) is 5.00 Å². The van der Waals surface area contributed by atoms with Gasteiger partial charge >= 0.3 is 0 Å². The quantitative estimate of drug-likeness (QED) is 0.718. The molecule has 1 saturated heterocycles. The van der Waals surface area contributed by atoms with Crippen molar-refractivity contribution in [1.82, 2.24) is 10.2 Å². The fourth-order valence-corrected chi connectivity index (χ4v) is 5.60. The fourth-order valence-electron chi connectivity index (χ4n) is 4.46. The number of ether oxygens (including phenoxy) is 1. The minimum Gasteiger partial charge on any atom is -0.378 e. The first-order chi connectivity index (χ1) is 14.7. The molecule has 1 aromatic heterocycles. The van der Waals surface area contributed by atoms with E-state index in [1.807, 2.05) is 6.07 Å². The molecular weight excluding hydrogens is 394 g/mol. The molecule has 0 atom stereocenters. The largest absolute Gasteiger partial charge is 0.378 e. The molecule has 2 aromatic rings. The third-order valence-electron chi connectivity index (χ3n) is 6.27. The first-order valence-corrected chi connectivity index (χ1v) is 12.0. The maximum Gasteiger partial charge on any atom is 0.261 e. The third kappa shape index (κ3) is 5.23. The standard InChI is InChI=1S/C24H33N3O2S/c1-26(20-10-6-3-7-11-20)13-12-25-23(28)22-18-21(19-8-4-2-5-9-19)24(30-22)27-14-16-29-17-15-27/h2,4-5,8-9,18,20H,3,6-7,10-17H2,1H3,(H,25,28). The Hall–Kier alpha value is -1.89. The molecule has 1 aromatic carbocycles. The Kier molecular flexibility index (Phi) is 7.42. The van der Waals surface area contributed by atoms with Crippen molar-refractivity contribution in [2.75, 3.05) is 51.3 Å². The molecule has 2 heterocycles. The lowest BCUT2D eigenvalue weighted by atomic mass is 9.94. The molecule has 6 heteroatoms. The van der Waals surface area contributed by atoms with Gasteiger partial charge in [0.05, 0.1) is 23.1 Å². The SMILES string of the molecule is CN(CCNC(=O)c1cc(-c2ccccc2)c(N2CCOCC2)s1)C1CCCCC1. The molecule has 4 rings (SSSR count). The second kappa shape index (κ2) is 10.4. The van der Waals surface area contributed by atoms with Crippen LogP contribution in [0.5, 0.6) is 0 Å². The smallest absolute Gasteiger partial charge is 0.261 e. The average Bonchev–Trinajstić information content (AvgIpc) is 3.26. The highest BCUT2D eigenvalue weighted by Gasteiger charge is 2.22. The van der Waals surface area contributed by atoms with Gasteiger partial charge in [-0.3, -0.25) is 4.79 Å². The predicted octanol–water partition coefficient (Wildman–Crippen LogP) is 4.25. The van der Waals surface area contributed by atoms with Crippen molar-refractivity contribution < 1.29 is 9.53 Å². The number of nitrogens with zero attached hydrogens (tertiary/aromatic N) is 2. The molecular formula is C24H33N3O2S. The molecule has 1 aliphatic heterocycles. The van der Waals surface area contributed by atoms with E-state index in [-0.39, 0.29) is 5.91 Å². The zero-order valence-corrected chi connectivity index (χ0v) is 18.8.